The van der Waals surface area contributed by atoms with Gasteiger partial charge < -0.3 is 19.9 Å². The molecule has 0 saturated carbocycles. The number of aliphatic imine (C=N–C) groups is 1. The minimum absolute atomic E-state index is 0.697. The summed E-state index contributed by atoms with van der Waals surface area (Å²) in [5.41, 5.74) is 3.40. The van der Waals surface area contributed by atoms with Crippen LogP contribution in [0.2, 0.25) is 0 Å². The molecule has 0 aliphatic heterocycles. The monoisotopic (exact) mass is 365 g/mol. The normalized spacial score (nSPS) is 11.6. The van der Waals surface area contributed by atoms with Crippen LogP contribution in [0.4, 0.5) is 0 Å². The number of methoxy groups -OCH3 is 1. The van der Waals surface area contributed by atoms with Gasteiger partial charge in [0.25, 0.3) is 0 Å². The van der Waals surface area contributed by atoms with Crippen LogP contribution in [-0.2, 0) is 13.1 Å². The Balaban J connectivity index is 1.47. The number of hydrogen-bond donors (Lipinski definition) is 2. The van der Waals surface area contributed by atoms with Crippen LogP contribution in [0.25, 0.3) is 11.0 Å². The number of fused-ring (bicyclic) bond motifs is 1. The highest BCUT2D eigenvalue weighted by Crippen LogP contribution is 2.15. The average molecular weight is 365 g/mol. The van der Waals surface area contributed by atoms with Crippen molar-refractivity contribution in [3.05, 3.63) is 59.9 Å². The molecule has 0 atom stereocenters. The van der Waals surface area contributed by atoms with E-state index in [1.807, 2.05) is 24.3 Å². The second-order valence-electron chi connectivity index (χ2n) is 6.36. The van der Waals surface area contributed by atoms with Crippen LogP contribution < -0.4 is 15.4 Å². The molecule has 0 amide bonds. The van der Waals surface area contributed by atoms with Crippen molar-refractivity contribution in [2.45, 2.75) is 26.4 Å². The summed E-state index contributed by atoms with van der Waals surface area (Å²) in [7, 11) is 3.46. The maximum absolute atomic E-state index is 5.26. The quantitative estimate of drug-likeness (QED) is 0.384. The first-order chi connectivity index (χ1) is 13.2. The zero-order valence-corrected chi connectivity index (χ0v) is 16.2. The van der Waals surface area contributed by atoms with Gasteiger partial charge in [0.15, 0.2) is 5.96 Å². The predicted molar refractivity (Wildman–Crippen MR) is 110 cm³/mol. The highest BCUT2D eigenvalue weighted by atomic mass is 16.5. The molecule has 0 spiro atoms. The third-order valence-corrected chi connectivity index (χ3v) is 4.51. The lowest BCUT2D eigenvalue weighted by atomic mass is 10.2. The summed E-state index contributed by atoms with van der Waals surface area (Å²) in [5.74, 6) is 2.71. The van der Waals surface area contributed by atoms with Crippen LogP contribution in [0, 0.1) is 6.92 Å². The van der Waals surface area contributed by atoms with Crippen LogP contribution in [0.15, 0.2) is 53.5 Å². The van der Waals surface area contributed by atoms with Crippen LogP contribution in [0.3, 0.4) is 0 Å². The molecule has 1 heterocycles. The molecule has 3 rings (SSSR count). The number of ether oxygens (including phenoxy) is 1. The summed E-state index contributed by atoms with van der Waals surface area (Å²) in [6, 6.07) is 16.3. The molecule has 6 nitrogen and oxygen atoms in total. The molecule has 0 fully saturated rings. The molecular weight excluding hydrogens is 338 g/mol. The molecule has 0 bridgehead atoms. The second kappa shape index (κ2) is 9.07. The van der Waals surface area contributed by atoms with Gasteiger partial charge in [-0.1, -0.05) is 24.3 Å². The van der Waals surface area contributed by atoms with E-state index in [1.54, 1.807) is 14.2 Å². The van der Waals surface area contributed by atoms with Crippen molar-refractivity contribution in [2.24, 2.45) is 4.99 Å². The minimum atomic E-state index is 0.697. The van der Waals surface area contributed by atoms with E-state index in [9.17, 15) is 0 Å². The fourth-order valence-electron chi connectivity index (χ4n) is 3.11. The van der Waals surface area contributed by atoms with Gasteiger partial charge in [0, 0.05) is 26.7 Å². The Kier molecular flexibility index (Phi) is 6.30. The summed E-state index contributed by atoms with van der Waals surface area (Å²) in [5, 5.41) is 6.71. The van der Waals surface area contributed by atoms with Crippen LogP contribution in [0.5, 0.6) is 5.75 Å². The standard InChI is InChI=1S/C21H27N5O/c1-16-25-19-10-4-5-11-20(19)26(16)13-7-12-23-21(22-2)24-15-17-8-6-9-18(14-17)27-3/h4-6,8-11,14H,7,12-13,15H2,1-3H3,(H2,22,23,24). The zero-order chi connectivity index (χ0) is 19.1. The predicted octanol–water partition coefficient (Wildman–Crippen LogP) is 3.11. The molecule has 6 heteroatoms. The fourth-order valence-corrected chi connectivity index (χ4v) is 3.11. The van der Waals surface area contributed by atoms with Crippen molar-refractivity contribution in [1.29, 1.82) is 0 Å². The first-order valence-corrected chi connectivity index (χ1v) is 9.20. The first kappa shape index (κ1) is 18.8. The smallest absolute Gasteiger partial charge is 0.191 e. The molecule has 2 aromatic carbocycles. The molecule has 0 unspecified atom stereocenters. The molecular formula is C21H27N5O. The van der Waals surface area contributed by atoms with Crippen molar-refractivity contribution in [3.63, 3.8) is 0 Å². The van der Waals surface area contributed by atoms with Gasteiger partial charge in [0.05, 0.1) is 18.1 Å². The maximum Gasteiger partial charge on any atom is 0.191 e. The Morgan fingerprint density at radius 2 is 2.00 bits per heavy atom. The van der Waals surface area contributed by atoms with E-state index in [2.05, 4.69) is 56.4 Å². The van der Waals surface area contributed by atoms with Crippen molar-refractivity contribution in [3.8, 4) is 5.75 Å². The molecule has 0 radical (unpaired) electrons. The number of rotatable bonds is 7. The highest BCUT2D eigenvalue weighted by molar-refractivity contribution is 5.79. The number of imidazole rings is 1. The molecule has 0 saturated heterocycles. The Morgan fingerprint density at radius 3 is 2.81 bits per heavy atom. The van der Waals surface area contributed by atoms with Gasteiger partial charge in [-0.3, -0.25) is 4.99 Å². The number of para-hydroxylation sites is 2. The number of guanidine groups is 1. The largest absolute Gasteiger partial charge is 0.497 e. The molecule has 2 N–H and O–H groups in total. The van der Waals surface area contributed by atoms with Crippen LogP contribution in [0.1, 0.15) is 17.8 Å². The van der Waals surface area contributed by atoms with Gasteiger partial charge in [-0.05, 0) is 43.2 Å². The number of benzene rings is 2. The molecule has 0 aliphatic carbocycles. The Morgan fingerprint density at radius 1 is 1.15 bits per heavy atom. The summed E-state index contributed by atoms with van der Waals surface area (Å²) in [6.07, 6.45) is 0.987. The summed E-state index contributed by atoms with van der Waals surface area (Å²) in [6.45, 7) is 4.51. The number of nitrogens with one attached hydrogen (secondary N) is 2. The number of aromatic nitrogens is 2. The van der Waals surface area contributed by atoms with E-state index in [1.165, 1.54) is 5.52 Å². The van der Waals surface area contributed by atoms with E-state index >= 15 is 0 Å². The van der Waals surface area contributed by atoms with Crippen LogP contribution in [-0.4, -0.2) is 36.2 Å². The molecule has 3 aromatic rings. The van der Waals surface area contributed by atoms with Crippen molar-refractivity contribution < 1.29 is 4.74 Å². The summed E-state index contributed by atoms with van der Waals surface area (Å²) < 4.78 is 7.53. The number of aryl methyl sites for hydroxylation is 2. The molecule has 0 aliphatic rings. The first-order valence-electron chi connectivity index (χ1n) is 9.20. The Hall–Kier alpha value is -3.02. The molecule has 1 aromatic heterocycles. The molecule has 142 valence electrons. The number of nitrogens with zero attached hydrogens (tertiary/aromatic N) is 3. The second-order valence-corrected chi connectivity index (χ2v) is 6.36. The Bertz CT molecular complexity index is 916. The van der Waals surface area contributed by atoms with Gasteiger partial charge in [-0.25, -0.2) is 4.98 Å². The average Bonchev–Trinajstić information content (AvgIpc) is 3.02. The lowest BCUT2D eigenvalue weighted by Gasteiger charge is -2.13. The molecule has 27 heavy (non-hydrogen) atoms. The SMILES string of the molecule is CN=C(NCCCn1c(C)nc2ccccc21)NCc1cccc(OC)c1. The number of hydrogen-bond acceptors (Lipinski definition) is 3. The fraction of sp³-hybridized carbons (Fsp3) is 0.333. The van der Waals surface area contributed by atoms with Crippen molar-refractivity contribution in [2.75, 3.05) is 20.7 Å². The van der Waals surface area contributed by atoms with Gasteiger partial charge in [-0.2, -0.15) is 0 Å². The lowest BCUT2D eigenvalue weighted by Crippen LogP contribution is -2.37. The lowest BCUT2D eigenvalue weighted by molar-refractivity contribution is 0.414. The summed E-state index contributed by atoms with van der Waals surface area (Å²) >= 11 is 0. The van der Waals surface area contributed by atoms with E-state index in [0.29, 0.717) is 6.54 Å². The third-order valence-electron chi connectivity index (χ3n) is 4.51. The third kappa shape index (κ3) is 4.78. The Labute approximate surface area is 160 Å². The van der Waals surface area contributed by atoms with E-state index < -0.39 is 0 Å². The van der Waals surface area contributed by atoms with Gasteiger partial charge >= 0.3 is 0 Å². The van der Waals surface area contributed by atoms with Gasteiger partial charge in [0.1, 0.15) is 11.6 Å². The maximum atomic E-state index is 5.26. The highest BCUT2D eigenvalue weighted by Gasteiger charge is 2.06. The van der Waals surface area contributed by atoms with E-state index in [-0.39, 0.29) is 0 Å². The van der Waals surface area contributed by atoms with Gasteiger partial charge in [-0.15, -0.1) is 0 Å². The van der Waals surface area contributed by atoms with E-state index in [4.69, 9.17) is 4.74 Å². The summed E-state index contributed by atoms with van der Waals surface area (Å²) in [4.78, 5) is 8.91. The van der Waals surface area contributed by atoms with Crippen molar-refractivity contribution >= 4 is 17.0 Å². The minimum Gasteiger partial charge on any atom is -0.497 e. The topological polar surface area (TPSA) is 63.5 Å². The van der Waals surface area contributed by atoms with Gasteiger partial charge in [0.2, 0.25) is 0 Å². The zero-order valence-electron chi connectivity index (χ0n) is 16.2. The van der Waals surface area contributed by atoms with Crippen LogP contribution >= 0.6 is 0 Å². The van der Waals surface area contributed by atoms with Crippen molar-refractivity contribution in [1.82, 2.24) is 20.2 Å². The van der Waals surface area contributed by atoms with E-state index in [0.717, 1.165) is 48.1 Å².